The Balaban J connectivity index is 1.46. The van der Waals surface area contributed by atoms with Crippen molar-refractivity contribution in [2.24, 2.45) is 0 Å². The number of nitrogens with zero attached hydrogens (tertiary/aromatic N) is 2. The first-order valence-electron chi connectivity index (χ1n) is 10.9. The Morgan fingerprint density at radius 2 is 1.97 bits per heavy atom. The van der Waals surface area contributed by atoms with Gasteiger partial charge in [0.1, 0.15) is 11.3 Å². The minimum atomic E-state index is -1.60. The van der Waals surface area contributed by atoms with Crippen molar-refractivity contribution in [3.63, 3.8) is 0 Å². The molecule has 3 saturated carbocycles. The van der Waals surface area contributed by atoms with Crippen molar-refractivity contribution in [2.75, 3.05) is 18.4 Å². The third-order valence-electron chi connectivity index (χ3n) is 7.35. The summed E-state index contributed by atoms with van der Waals surface area (Å²) < 4.78 is 14.1. The van der Waals surface area contributed by atoms with Gasteiger partial charge in [-0.1, -0.05) is 11.6 Å². The SMILES string of the molecule is CC(C)(O)C(F)CNC(=O)c1cnc(Cl)cc1NC12CCC(N3CCC3=O)(CC1)CC2. The molecular weight excluding hydrogens is 423 g/mol. The fraction of sp³-hybridized carbons (Fsp3) is 0.682. The first-order valence-corrected chi connectivity index (χ1v) is 11.3. The molecule has 1 aromatic rings. The lowest BCUT2D eigenvalue weighted by Gasteiger charge is -2.60. The van der Waals surface area contributed by atoms with Crippen LogP contribution in [0.15, 0.2) is 12.3 Å². The maximum atomic E-state index is 14.1. The molecule has 0 spiro atoms. The molecule has 3 N–H and O–H groups in total. The average Bonchev–Trinajstić information content (AvgIpc) is 2.71. The number of β-lactam (4-membered cyclic amide) rings is 1. The van der Waals surface area contributed by atoms with E-state index in [9.17, 15) is 19.1 Å². The van der Waals surface area contributed by atoms with Crippen molar-refractivity contribution in [1.82, 2.24) is 15.2 Å². The first kappa shape index (κ1) is 22.3. The van der Waals surface area contributed by atoms with E-state index in [-0.39, 0.29) is 28.7 Å². The molecule has 9 heteroatoms. The highest BCUT2D eigenvalue weighted by molar-refractivity contribution is 6.29. The van der Waals surface area contributed by atoms with Gasteiger partial charge in [0.2, 0.25) is 5.91 Å². The maximum absolute atomic E-state index is 14.1. The Labute approximate surface area is 186 Å². The topological polar surface area (TPSA) is 94.6 Å². The number of nitrogens with one attached hydrogen (secondary N) is 2. The summed E-state index contributed by atoms with van der Waals surface area (Å²) in [6.07, 6.45) is 6.01. The van der Waals surface area contributed by atoms with Crippen LogP contribution in [0.4, 0.5) is 10.1 Å². The van der Waals surface area contributed by atoms with Crippen LogP contribution in [0.5, 0.6) is 0 Å². The summed E-state index contributed by atoms with van der Waals surface area (Å²) in [5.41, 5.74) is -0.833. The van der Waals surface area contributed by atoms with Gasteiger partial charge in [-0.25, -0.2) is 9.37 Å². The van der Waals surface area contributed by atoms with Crippen molar-refractivity contribution in [2.45, 2.75) is 81.6 Å². The Hall–Kier alpha value is -1.93. The third kappa shape index (κ3) is 4.24. The van der Waals surface area contributed by atoms with Gasteiger partial charge in [0.05, 0.1) is 23.4 Å². The summed E-state index contributed by atoms with van der Waals surface area (Å²) in [4.78, 5) is 30.9. The Bertz CT molecular complexity index is 863. The van der Waals surface area contributed by atoms with Gasteiger partial charge < -0.3 is 20.6 Å². The number of carbonyl (C=O) groups excluding carboxylic acids is 2. The molecule has 0 radical (unpaired) electrons. The monoisotopic (exact) mass is 452 g/mol. The molecule has 2 bridgehead atoms. The Morgan fingerprint density at radius 1 is 1.32 bits per heavy atom. The first-order chi connectivity index (χ1) is 14.5. The van der Waals surface area contributed by atoms with E-state index in [1.807, 2.05) is 0 Å². The van der Waals surface area contributed by atoms with Gasteiger partial charge in [0, 0.05) is 30.2 Å². The molecule has 7 nitrogen and oxygen atoms in total. The van der Waals surface area contributed by atoms with Crippen LogP contribution < -0.4 is 10.6 Å². The number of aromatic nitrogens is 1. The number of hydrogen-bond donors (Lipinski definition) is 3. The van der Waals surface area contributed by atoms with Crippen LogP contribution in [-0.4, -0.2) is 62.7 Å². The predicted molar refractivity (Wildman–Crippen MR) is 116 cm³/mol. The number of halogens is 2. The summed E-state index contributed by atoms with van der Waals surface area (Å²) in [5.74, 6) is -0.207. The van der Waals surface area contributed by atoms with Crippen LogP contribution in [0.2, 0.25) is 5.15 Å². The normalized spacial score (nSPS) is 28.8. The van der Waals surface area contributed by atoms with Crippen molar-refractivity contribution in [3.8, 4) is 0 Å². The molecule has 1 atom stereocenters. The van der Waals surface area contributed by atoms with Gasteiger partial charge in [-0.05, 0) is 58.4 Å². The second kappa shape index (κ2) is 7.89. The molecule has 4 fully saturated rings. The highest BCUT2D eigenvalue weighted by atomic mass is 35.5. The highest BCUT2D eigenvalue weighted by Gasteiger charge is 2.54. The highest BCUT2D eigenvalue weighted by Crippen LogP contribution is 2.52. The van der Waals surface area contributed by atoms with Gasteiger partial charge in [-0.2, -0.15) is 0 Å². The minimum Gasteiger partial charge on any atom is -0.387 e. The molecule has 31 heavy (non-hydrogen) atoms. The summed E-state index contributed by atoms with van der Waals surface area (Å²) >= 11 is 6.11. The summed E-state index contributed by atoms with van der Waals surface area (Å²) in [5, 5.41) is 16.1. The van der Waals surface area contributed by atoms with E-state index >= 15 is 0 Å². The molecule has 1 unspecified atom stereocenters. The standard InChI is InChI=1S/C22H30ClFN4O3/c1-20(2,31)16(24)13-26-19(30)14-12-25-17(23)11-15(14)27-21-4-7-22(8-5-21,9-6-21)28-10-3-18(28)29/h11-12,16,31H,3-10,13H2,1-2H3,(H,25,27)(H,26,30). The Morgan fingerprint density at radius 3 is 2.48 bits per heavy atom. The second-order valence-corrected chi connectivity index (χ2v) is 10.2. The number of pyridine rings is 1. The molecule has 1 aliphatic heterocycles. The summed E-state index contributed by atoms with van der Waals surface area (Å²) in [7, 11) is 0. The van der Waals surface area contributed by atoms with E-state index in [1.54, 1.807) is 6.07 Å². The van der Waals surface area contributed by atoms with Crippen LogP contribution in [0.25, 0.3) is 0 Å². The molecule has 4 aliphatic rings. The van der Waals surface area contributed by atoms with E-state index in [4.69, 9.17) is 11.6 Å². The van der Waals surface area contributed by atoms with Crippen molar-refractivity contribution in [3.05, 3.63) is 23.0 Å². The lowest BCUT2D eigenvalue weighted by Crippen LogP contribution is -2.65. The number of aliphatic hydroxyl groups is 1. The fourth-order valence-corrected chi connectivity index (χ4v) is 5.26. The lowest BCUT2D eigenvalue weighted by atomic mass is 9.60. The number of likely N-dealkylation sites (tertiary alicyclic amines) is 1. The van der Waals surface area contributed by atoms with E-state index in [1.165, 1.54) is 20.0 Å². The third-order valence-corrected chi connectivity index (χ3v) is 7.56. The largest absolute Gasteiger partial charge is 0.387 e. The molecule has 1 aromatic heterocycles. The number of amides is 2. The van der Waals surface area contributed by atoms with Gasteiger partial charge in [-0.3, -0.25) is 9.59 Å². The van der Waals surface area contributed by atoms with Crippen molar-refractivity contribution >= 4 is 29.1 Å². The molecule has 0 aromatic carbocycles. The summed E-state index contributed by atoms with van der Waals surface area (Å²) in [6, 6.07) is 1.63. The van der Waals surface area contributed by atoms with E-state index < -0.39 is 17.7 Å². The molecule has 2 heterocycles. The molecule has 5 rings (SSSR count). The molecule has 2 amide bonds. The number of fused-ring (bicyclic) bond motifs is 3. The smallest absolute Gasteiger partial charge is 0.255 e. The number of anilines is 1. The van der Waals surface area contributed by atoms with Crippen molar-refractivity contribution in [1.29, 1.82) is 0 Å². The predicted octanol–water partition coefficient (Wildman–Crippen LogP) is 3.06. The van der Waals surface area contributed by atoms with Gasteiger partial charge >= 0.3 is 0 Å². The van der Waals surface area contributed by atoms with Crippen molar-refractivity contribution < 1.29 is 19.1 Å². The molecule has 3 aliphatic carbocycles. The summed E-state index contributed by atoms with van der Waals surface area (Å²) in [6.45, 7) is 3.28. The fourth-order valence-electron chi connectivity index (χ4n) is 5.10. The van der Waals surface area contributed by atoms with E-state index in [0.29, 0.717) is 17.7 Å². The number of alkyl halides is 1. The zero-order chi connectivity index (χ0) is 22.4. The number of rotatable bonds is 7. The van der Waals surface area contributed by atoms with Crippen LogP contribution >= 0.6 is 11.6 Å². The quantitative estimate of drug-likeness (QED) is 0.436. The molecular formula is C22H30ClFN4O3. The molecule has 1 saturated heterocycles. The van der Waals surface area contributed by atoms with Gasteiger partial charge in [0.15, 0.2) is 0 Å². The number of carbonyl (C=O) groups is 2. The van der Waals surface area contributed by atoms with Crippen LogP contribution in [0.3, 0.4) is 0 Å². The zero-order valence-corrected chi connectivity index (χ0v) is 18.8. The maximum Gasteiger partial charge on any atom is 0.255 e. The van der Waals surface area contributed by atoms with Crippen LogP contribution in [0, 0.1) is 0 Å². The lowest BCUT2D eigenvalue weighted by molar-refractivity contribution is -0.155. The van der Waals surface area contributed by atoms with Crippen LogP contribution in [-0.2, 0) is 4.79 Å². The second-order valence-electron chi connectivity index (χ2n) is 9.81. The number of hydrogen-bond acceptors (Lipinski definition) is 5. The zero-order valence-electron chi connectivity index (χ0n) is 18.0. The minimum absolute atomic E-state index is 0.00208. The average molecular weight is 453 g/mol. The van der Waals surface area contributed by atoms with Gasteiger partial charge in [-0.15, -0.1) is 0 Å². The Kier molecular flexibility index (Phi) is 5.67. The molecule has 170 valence electrons. The van der Waals surface area contributed by atoms with E-state index in [2.05, 4.69) is 20.5 Å². The van der Waals surface area contributed by atoms with Gasteiger partial charge in [0.25, 0.3) is 5.91 Å². The van der Waals surface area contributed by atoms with E-state index in [0.717, 1.165) is 45.1 Å². The van der Waals surface area contributed by atoms with Crippen LogP contribution in [0.1, 0.15) is 69.2 Å².